The molecule has 0 aliphatic heterocycles. The molecule has 0 saturated carbocycles. The Bertz CT molecular complexity index is 283. The lowest BCUT2D eigenvalue weighted by Crippen LogP contribution is -2.35. The third-order valence-electron chi connectivity index (χ3n) is 2.46. The molecule has 0 aliphatic rings. The van der Waals surface area contributed by atoms with Crippen molar-refractivity contribution in [1.29, 1.82) is 0 Å². The van der Waals surface area contributed by atoms with Gasteiger partial charge in [-0.3, -0.25) is 4.98 Å². The molecule has 0 bridgehead atoms. The van der Waals surface area contributed by atoms with Crippen LogP contribution in [-0.4, -0.2) is 31.3 Å². The smallest absolute Gasteiger partial charge is 0.0619 e. The first-order valence-corrected chi connectivity index (χ1v) is 5.39. The van der Waals surface area contributed by atoms with Crippen LogP contribution in [0.15, 0.2) is 18.5 Å². The Balaban J connectivity index is 2.60. The van der Waals surface area contributed by atoms with Gasteiger partial charge >= 0.3 is 0 Å². The van der Waals surface area contributed by atoms with Gasteiger partial charge in [-0.2, -0.15) is 0 Å². The summed E-state index contributed by atoms with van der Waals surface area (Å²) in [6, 6.07) is 2.47. The summed E-state index contributed by atoms with van der Waals surface area (Å²) in [6.07, 6.45) is 4.75. The highest BCUT2D eigenvalue weighted by atomic mass is 16.5. The second-order valence-electron chi connectivity index (χ2n) is 3.72. The van der Waals surface area contributed by atoms with E-state index >= 15 is 0 Å². The van der Waals surface area contributed by atoms with Gasteiger partial charge in [0.05, 0.1) is 6.61 Å². The van der Waals surface area contributed by atoms with Gasteiger partial charge in [-0.05, 0) is 37.1 Å². The van der Waals surface area contributed by atoms with Crippen LogP contribution in [0.25, 0.3) is 0 Å². The van der Waals surface area contributed by atoms with Crippen molar-refractivity contribution < 1.29 is 4.74 Å². The van der Waals surface area contributed by atoms with Crippen LogP contribution in [0.1, 0.15) is 18.1 Å². The monoisotopic (exact) mass is 208 g/mol. The molecule has 15 heavy (non-hydrogen) atoms. The Labute approximate surface area is 91.9 Å². The molecular formula is C12H20N2O. The number of likely N-dealkylation sites (N-methyl/N-ethyl adjacent to an activating group) is 1. The third kappa shape index (κ3) is 3.98. The van der Waals surface area contributed by atoms with Gasteiger partial charge in [-0.1, -0.05) is 6.92 Å². The fraction of sp³-hybridized carbons (Fsp3) is 0.583. The number of aryl methyl sites for hydroxylation is 1. The molecule has 0 aliphatic carbocycles. The molecule has 1 atom stereocenters. The molecule has 1 heterocycles. The lowest BCUT2D eigenvalue weighted by atomic mass is 10.0. The van der Waals surface area contributed by atoms with Gasteiger partial charge in [0.25, 0.3) is 0 Å². The number of pyridine rings is 1. The van der Waals surface area contributed by atoms with E-state index in [9.17, 15) is 0 Å². The molecule has 0 amide bonds. The van der Waals surface area contributed by atoms with Crippen molar-refractivity contribution in [3.05, 3.63) is 29.6 Å². The predicted molar refractivity (Wildman–Crippen MR) is 62.0 cm³/mol. The Morgan fingerprint density at radius 1 is 1.53 bits per heavy atom. The van der Waals surface area contributed by atoms with E-state index in [1.807, 2.05) is 12.4 Å². The van der Waals surface area contributed by atoms with E-state index in [2.05, 4.69) is 30.2 Å². The Morgan fingerprint density at radius 2 is 2.33 bits per heavy atom. The lowest BCUT2D eigenvalue weighted by molar-refractivity contribution is 0.167. The zero-order valence-corrected chi connectivity index (χ0v) is 9.79. The predicted octanol–water partition coefficient (Wildman–Crippen LogP) is 1.56. The molecule has 1 aromatic rings. The zero-order valence-electron chi connectivity index (χ0n) is 9.79. The maximum atomic E-state index is 5.19. The molecule has 3 nitrogen and oxygen atoms in total. The van der Waals surface area contributed by atoms with Crippen molar-refractivity contribution in [2.24, 2.45) is 0 Å². The van der Waals surface area contributed by atoms with Gasteiger partial charge in [0.15, 0.2) is 0 Å². The molecule has 0 aromatic carbocycles. The van der Waals surface area contributed by atoms with E-state index in [0.717, 1.165) is 19.6 Å². The summed E-state index contributed by atoms with van der Waals surface area (Å²) in [5, 5.41) is 3.41. The molecule has 1 rings (SSSR count). The van der Waals surface area contributed by atoms with E-state index < -0.39 is 0 Å². The SMILES string of the molecule is CCNC(COC)Cc1ccncc1C. The van der Waals surface area contributed by atoms with Crippen LogP contribution in [0, 0.1) is 6.92 Å². The van der Waals surface area contributed by atoms with E-state index in [4.69, 9.17) is 4.74 Å². The Kier molecular flexibility index (Phi) is 5.29. The van der Waals surface area contributed by atoms with Gasteiger partial charge in [-0.25, -0.2) is 0 Å². The summed E-state index contributed by atoms with van der Waals surface area (Å²) < 4.78 is 5.19. The maximum absolute atomic E-state index is 5.19. The summed E-state index contributed by atoms with van der Waals surface area (Å²) in [7, 11) is 1.74. The van der Waals surface area contributed by atoms with Crippen LogP contribution in [0.3, 0.4) is 0 Å². The molecule has 1 aromatic heterocycles. The van der Waals surface area contributed by atoms with Crippen LogP contribution in [0.5, 0.6) is 0 Å². The van der Waals surface area contributed by atoms with Gasteiger partial charge < -0.3 is 10.1 Å². The van der Waals surface area contributed by atoms with E-state index in [1.165, 1.54) is 11.1 Å². The summed E-state index contributed by atoms with van der Waals surface area (Å²) >= 11 is 0. The maximum Gasteiger partial charge on any atom is 0.0619 e. The van der Waals surface area contributed by atoms with Crippen LogP contribution >= 0.6 is 0 Å². The minimum absolute atomic E-state index is 0.390. The number of nitrogens with zero attached hydrogens (tertiary/aromatic N) is 1. The topological polar surface area (TPSA) is 34.1 Å². The Hall–Kier alpha value is -0.930. The van der Waals surface area contributed by atoms with Crippen molar-refractivity contribution >= 4 is 0 Å². The number of aromatic nitrogens is 1. The molecule has 0 spiro atoms. The molecule has 1 N–H and O–H groups in total. The molecule has 0 saturated heterocycles. The standard InChI is InChI=1S/C12H20N2O/c1-4-14-12(9-15-3)7-11-5-6-13-8-10(11)2/h5-6,8,12,14H,4,7,9H2,1-3H3. The molecule has 0 radical (unpaired) electrons. The number of ether oxygens (including phenoxy) is 1. The number of hydrogen-bond acceptors (Lipinski definition) is 3. The molecule has 0 fully saturated rings. The minimum atomic E-state index is 0.390. The summed E-state index contributed by atoms with van der Waals surface area (Å²) in [6.45, 7) is 5.92. The molecule has 3 heteroatoms. The van der Waals surface area contributed by atoms with Crippen molar-refractivity contribution in [3.63, 3.8) is 0 Å². The van der Waals surface area contributed by atoms with E-state index in [1.54, 1.807) is 7.11 Å². The second kappa shape index (κ2) is 6.53. The number of nitrogens with one attached hydrogen (secondary N) is 1. The van der Waals surface area contributed by atoms with Crippen LogP contribution in [0.4, 0.5) is 0 Å². The lowest BCUT2D eigenvalue weighted by Gasteiger charge is -2.17. The first kappa shape index (κ1) is 12.1. The van der Waals surface area contributed by atoms with Gasteiger partial charge in [-0.15, -0.1) is 0 Å². The third-order valence-corrected chi connectivity index (χ3v) is 2.46. The Morgan fingerprint density at radius 3 is 2.93 bits per heavy atom. The molecule has 84 valence electrons. The minimum Gasteiger partial charge on any atom is -0.383 e. The summed E-state index contributed by atoms with van der Waals surface area (Å²) in [4.78, 5) is 4.09. The number of rotatable bonds is 6. The first-order chi connectivity index (χ1) is 7.27. The summed E-state index contributed by atoms with van der Waals surface area (Å²) in [5.41, 5.74) is 2.59. The van der Waals surface area contributed by atoms with Crippen LogP contribution in [-0.2, 0) is 11.2 Å². The van der Waals surface area contributed by atoms with Gasteiger partial charge in [0.1, 0.15) is 0 Å². The van der Waals surface area contributed by atoms with Crippen molar-refractivity contribution in [2.75, 3.05) is 20.3 Å². The largest absolute Gasteiger partial charge is 0.383 e. The van der Waals surface area contributed by atoms with Gasteiger partial charge in [0, 0.05) is 25.5 Å². The second-order valence-corrected chi connectivity index (χ2v) is 3.72. The van der Waals surface area contributed by atoms with Crippen molar-refractivity contribution in [2.45, 2.75) is 26.3 Å². The average Bonchev–Trinajstić information content (AvgIpc) is 2.22. The molecule has 1 unspecified atom stereocenters. The number of hydrogen-bond donors (Lipinski definition) is 1. The van der Waals surface area contributed by atoms with Crippen LogP contribution in [0.2, 0.25) is 0 Å². The zero-order chi connectivity index (χ0) is 11.1. The highest BCUT2D eigenvalue weighted by Gasteiger charge is 2.09. The highest BCUT2D eigenvalue weighted by Crippen LogP contribution is 2.08. The quantitative estimate of drug-likeness (QED) is 0.770. The highest BCUT2D eigenvalue weighted by molar-refractivity contribution is 5.22. The van der Waals surface area contributed by atoms with Gasteiger partial charge in [0.2, 0.25) is 0 Å². The normalized spacial score (nSPS) is 12.7. The molecular weight excluding hydrogens is 188 g/mol. The summed E-state index contributed by atoms with van der Waals surface area (Å²) in [5.74, 6) is 0. The van der Waals surface area contributed by atoms with Crippen molar-refractivity contribution in [1.82, 2.24) is 10.3 Å². The number of methoxy groups -OCH3 is 1. The van der Waals surface area contributed by atoms with E-state index in [-0.39, 0.29) is 0 Å². The fourth-order valence-electron chi connectivity index (χ4n) is 1.68. The van der Waals surface area contributed by atoms with Crippen molar-refractivity contribution in [3.8, 4) is 0 Å². The van der Waals surface area contributed by atoms with Crippen LogP contribution < -0.4 is 5.32 Å². The van der Waals surface area contributed by atoms with E-state index in [0.29, 0.717) is 6.04 Å². The average molecular weight is 208 g/mol. The fourth-order valence-corrected chi connectivity index (χ4v) is 1.68. The first-order valence-electron chi connectivity index (χ1n) is 5.39.